The molecule has 1 heterocycles. The third-order valence-electron chi connectivity index (χ3n) is 7.31. The number of nitrogens with zero attached hydrogens (tertiary/aromatic N) is 2. The van der Waals surface area contributed by atoms with Gasteiger partial charge in [0.05, 0.1) is 6.10 Å². The quantitative estimate of drug-likeness (QED) is 0.728. The summed E-state index contributed by atoms with van der Waals surface area (Å²) in [5.41, 5.74) is 1.43. The van der Waals surface area contributed by atoms with Crippen LogP contribution >= 0.6 is 0 Å². The van der Waals surface area contributed by atoms with Crippen LogP contribution in [-0.2, 0) is 5.41 Å². The third-order valence-corrected chi connectivity index (χ3v) is 7.31. The summed E-state index contributed by atoms with van der Waals surface area (Å²) in [7, 11) is 1.84. The van der Waals surface area contributed by atoms with E-state index in [0.29, 0.717) is 12.0 Å². The van der Waals surface area contributed by atoms with Crippen molar-refractivity contribution in [3.05, 3.63) is 78.4 Å². The van der Waals surface area contributed by atoms with Gasteiger partial charge < -0.3 is 15.1 Å². The molecule has 1 unspecified atom stereocenters. The summed E-state index contributed by atoms with van der Waals surface area (Å²) < 4.78 is 0. The van der Waals surface area contributed by atoms with Gasteiger partial charge in [-0.3, -0.25) is 9.69 Å². The summed E-state index contributed by atoms with van der Waals surface area (Å²) in [6.45, 7) is 6.35. The van der Waals surface area contributed by atoms with E-state index in [-0.39, 0.29) is 29.0 Å². The molecular formula is C26H32N2O3. The van der Waals surface area contributed by atoms with Crippen LogP contribution in [0.15, 0.2) is 67.3 Å². The Morgan fingerprint density at radius 3 is 2.74 bits per heavy atom. The Balaban J connectivity index is 1.67. The predicted octanol–water partition coefficient (Wildman–Crippen LogP) is 3.43. The van der Waals surface area contributed by atoms with Crippen molar-refractivity contribution in [1.82, 2.24) is 9.80 Å². The van der Waals surface area contributed by atoms with E-state index in [1.54, 1.807) is 11.0 Å². The first kappa shape index (κ1) is 21.6. The molecule has 1 aliphatic heterocycles. The number of aliphatic hydroxyl groups is 1. The zero-order valence-electron chi connectivity index (χ0n) is 18.2. The maximum absolute atomic E-state index is 13.1. The lowest BCUT2D eigenvalue weighted by Crippen LogP contribution is -2.61. The topological polar surface area (TPSA) is 64.0 Å². The first-order valence-electron chi connectivity index (χ1n) is 11.1. The van der Waals surface area contributed by atoms with Crippen LogP contribution in [0.3, 0.4) is 0 Å². The Hall–Kier alpha value is -2.63. The number of aliphatic hydroxyl groups excluding tert-OH is 1. The molecule has 0 radical (unpaired) electrons. The Labute approximate surface area is 184 Å². The SMILES string of the molecule is C=CCN1CC[C@@]2(c3cccc(O)c3)C[C@H](N(C)C(=O)c3ccccc3)CC(O)[C@@H]2C1. The van der Waals surface area contributed by atoms with Crippen LogP contribution in [0.4, 0.5) is 0 Å². The van der Waals surface area contributed by atoms with Crippen molar-refractivity contribution in [2.24, 2.45) is 5.92 Å². The van der Waals surface area contributed by atoms with Crippen molar-refractivity contribution in [3.8, 4) is 5.75 Å². The molecule has 2 aromatic carbocycles. The van der Waals surface area contributed by atoms with Crippen molar-refractivity contribution in [2.45, 2.75) is 36.8 Å². The fourth-order valence-electron chi connectivity index (χ4n) is 5.66. The average molecular weight is 421 g/mol. The molecule has 2 aromatic rings. The predicted molar refractivity (Wildman–Crippen MR) is 122 cm³/mol. The summed E-state index contributed by atoms with van der Waals surface area (Å²) in [6, 6.07) is 16.7. The second kappa shape index (κ2) is 8.85. The number of hydrogen-bond acceptors (Lipinski definition) is 4. The number of carbonyl (C=O) groups excluding carboxylic acids is 1. The highest BCUT2D eigenvalue weighted by Gasteiger charge is 2.52. The molecule has 1 saturated carbocycles. The van der Waals surface area contributed by atoms with Crippen LogP contribution in [0.5, 0.6) is 5.75 Å². The molecule has 1 saturated heterocycles. The molecule has 31 heavy (non-hydrogen) atoms. The Bertz CT molecular complexity index is 931. The third kappa shape index (κ3) is 4.12. The van der Waals surface area contributed by atoms with Gasteiger partial charge in [0.15, 0.2) is 0 Å². The van der Waals surface area contributed by atoms with E-state index in [0.717, 1.165) is 38.0 Å². The van der Waals surface area contributed by atoms with Crippen molar-refractivity contribution in [1.29, 1.82) is 0 Å². The van der Waals surface area contributed by atoms with Gasteiger partial charge in [0.2, 0.25) is 0 Å². The van der Waals surface area contributed by atoms with E-state index < -0.39 is 6.10 Å². The summed E-state index contributed by atoms with van der Waals surface area (Å²) in [4.78, 5) is 17.3. The maximum Gasteiger partial charge on any atom is 0.253 e. The highest BCUT2D eigenvalue weighted by molar-refractivity contribution is 5.94. The smallest absolute Gasteiger partial charge is 0.253 e. The molecule has 2 fully saturated rings. The molecule has 5 heteroatoms. The number of rotatable bonds is 5. The second-order valence-electron chi connectivity index (χ2n) is 9.05. The second-order valence-corrected chi connectivity index (χ2v) is 9.05. The molecule has 1 aliphatic carbocycles. The molecule has 2 aliphatic rings. The van der Waals surface area contributed by atoms with Crippen LogP contribution in [-0.4, -0.2) is 64.7 Å². The lowest BCUT2D eigenvalue weighted by atomic mass is 9.56. The van der Waals surface area contributed by atoms with Gasteiger partial charge in [0.25, 0.3) is 5.91 Å². The van der Waals surface area contributed by atoms with Crippen LogP contribution in [0, 0.1) is 5.92 Å². The van der Waals surface area contributed by atoms with Crippen LogP contribution in [0.25, 0.3) is 0 Å². The highest BCUT2D eigenvalue weighted by Crippen LogP contribution is 2.50. The Morgan fingerprint density at radius 1 is 1.26 bits per heavy atom. The molecule has 4 atom stereocenters. The largest absolute Gasteiger partial charge is 0.508 e. The molecule has 0 aromatic heterocycles. The standard InChI is InChI=1S/C26H32N2O3/c1-3-13-28-14-12-26(20-10-7-11-22(29)15-20)17-21(16-24(30)23(26)18-28)27(2)25(31)19-8-5-4-6-9-19/h3-11,15,21,23-24,29-30H,1,12-14,16-18H2,2H3/t21-,23+,24?,26+/m1/s1. The normalized spacial score (nSPS) is 28.5. The Morgan fingerprint density at radius 2 is 2.03 bits per heavy atom. The molecule has 0 spiro atoms. The summed E-state index contributed by atoms with van der Waals surface area (Å²) >= 11 is 0. The number of phenols is 1. The lowest BCUT2D eigenvalue weighted by Gasteiger charge is -2.56. The van der Waals surface area contributed by atoms with Gasteiger partial charge >= 0.3 is 0 Å². The number of piperidine rings is 1. The molecule has 164 valence electrons. The first-order chi connectivity index (χ1) is 14.9. The Kier molecular flexibility index (Phi) is 6.17. The molecular weight excluding hydrogens is 388 g/mol. The minimum absolute atomic E-state index is 0.0218. The van der Waals surface area contributed by atoms with Gasteiger partial charge in [-0.2, -0.15) is 0 Å². The molecule has 2 N–H and O–H groups in total. The van der Waals surface area contributed by atoms with Crippen LogP contribution in [0.2, 0.25) is 0 Å². The summed E-state index contributed by atoms with van der Waals surface area (Å²) in [6.07, 6.45) is 3.58. The van der Waals surface area contributed by atoms with Gasteiger partial charge in [0, 0.05) is 43.1 Å². The number of aromatic hydroxyl groups is 1. The average Bonchev–Trinajstić information content (AvgIpc) is 2.79. The zero-order chi connectivity index (χ0) is 22.0. The zero-order valence-corrected chi connectivity index (χ0v) is 18.2. The molecule has 0 bridgehead atoms. The summed E-state index contributed by atoms with van der Waals surface area (Å²) in [5.74, 6) is 0.260. The van der Waals surface area contributed by atoms with Gasteiger partial charge in [-0.05, 0) is 55.6 Å². The van der Waals surface area contributed by atoms with Crippen molar-refractivity contribution >= 4 is 5.91 Å². The van der Waals surface area contributed by atoms with E-state index in [1.807, 2.05) is 55.6 Å². The maximum atomic E-state index is 13.1. The monoisotopic (exact) mass is 420 g/mol. The minimum atomic E-state index is -0.528. The van der Waals surface area contributed by atoms with E-state index >= 15 is 0 Å². The van der Waals surface area contributed by atoms with E-state index in [4.69, 9.17) is 0 Å². The lowest BCUT2D eigenvalue weighted by molar-refractivity contribution is -0.0591. The van der Waals surface area contributed by atoms with E-state index in [2.05, 4.69) is 17.5 Å². The van der Waals surface area contributed by atoms with Gasteiger partial charge in [0.1, 0.15) is 5.75 Å². The fraction of sp³-hybridized carbons (Fsp3) is 0.423. The molecule has 1 amide bonds. The first-order valence-corrected chi connectivity index (χ1v) is 11.1. The summed E-state index contributed by atoms with van der Waals surface area (Å²) in [5, 5.41) is 21.5. The van der Waals surface area contributed by atoms with Crippen molar-refractivity contribution < 1.29 is 15.0 Å². The number of hydrogen-bond donors (Lipinski definition) is 2. The van der Waals surface area contributed by atoms with E-state index in [1.165, 1.54) is 0 Å². The van der Waals surface area contributed by atoms with Crippen molar-refractivity contribution in [3.63, 3.8) is 0 Å². The van der Waals surface area contributed by atoms with Gasteiger partial charge in [-0.15, -0.1) is 6.58 Å². The van der Waals surface area contributed by atoms with Crippen molar-refractivity contribution in [2.75, 3.05) is 26.7 Å². The number of fused-ring (bicyclic) bond motifs is 1. The van der Waals surface area contributed by atoms with Crippen LogP contribution < -0.4 is 0 Å². The van der Waals surface area contributed by atoms with Crippen LogP contribution in [0.1, 0.15) is 35.2 Å². The van der Waals surface area contributed by atoms with Gasteiger partial charge in [-0.1, -0.05) is 36.4 Å². The number of amides is 1. The van der Waals surface area contributed by atoms with E-state index in [9.17, 15) is 15.0 Å². The molecule has 4 rings (SSSR count). The number of likely N-dealkylation sites (tertiary alicyclic amines) is 1. The number of benzene rings is 2. The fourth-order valence-corrected chi connectivity index (χ4v) is 5.66. The van der Waals surface area contributed by atoms with Gasteiger partial charge in [-0.25, -0.2) is 0 Å². The highest BCUT2D eigenvalue weighted by atomic mass is 16.3. The number of phenolic OH excluding ortho intramolecular Hbond substituents is 1. The molecule has 5 nitrogen and oxygen atoms in total. The minimum Gasteiger partial charge on any atom is -0.508 e. The number of carbonyl (C=O) groups is 1.